The van der Waals surface area contributed by atoms with Crippen molar-refractivity contribution in [3.8, 4) is 0 Å². The lowest BCUT2D eigenvalue weighted by Gasteiger charge is -2.08. The monoisotopic (exact) mass is 282 g/mol. The number of nitrogens with one attached hydrogen (secondary N) is 2. The van der Waals surface area contributed by atoms with E-state index in [2.05, 4.69) is 10.6 Å². The van der Waals surface area contributed by atoms with Crippen molar-refractivity contribution in [2.45, 2.75) is 20.3 Å². The molecule has 0 saturated heterocycles. The van der Waals surface area contributed by atoms with Crippen molar-refractivity contribution >= 4 is 23.4 Å². The molecule has 0 aliphatic rings. The molecule has 0 atom stereocenters. The molecule has 0 fully saturated rings. The minimum Gasteiger partial charge on any atom is -0.348 e. The Hall–Kier alpha value is -1.55. The maximum absolute atomic E-state index is 11.5. The van der Waals surface area contributed by atoms with Gasteiger partial charge in [-0.1, -0.05) is 37.6 Å². The topological polar surface area (TPSA) is 58.2 Å². The van der Waals surface area contributed by atoms with Gasteiger partial charge in [0.05, 0.1) is 0 Å². The van der Waals surface area contributed by atoms with E-state index in [-0.39, 0.29) is 0 Å². The average molecular weight is 283 g/mol. The quantitative estimate of drug-likeness (QED) is 0.809. The first-order valence-electron chi connectivity index (χ1n) is 6.29. The zero-order chi connectivity index (χ0) is 14.3. The second-order valence-electron chi connectivity index (χ2n) is 4.74. The molecule has 5 heteroatoms. The summed E-state index contributed by atoms with van der Waals surface area (Å²) >= 11 is 5.78. The molecule has 19 heavy (non-hydrogen) atoms. The van der Waals surface area contributed by atoms with Crippen LogP contribution in [0.15, 0.2) is 24.3 Å². The van der Waals surface area contributed by atoms with Gasteiger partial charge in [0.1, 0.15) is 0 Å². The fourth-order valence-corrected chi connectivity index (χ4v) is 1.55. The van der Waals surface area contributed by atoms with E-state index < -0.39 is 11.8 Å². The Morgan fingerprint density at radius 3 is 2.26 bits per heavy atom. The normalized spacial score (nSPS) is 10.3. The second kappa shape index (κ2) is 7.79. The Morgan fingerprint density at radius 1 is 1.11 bits per heavy atom. The molecule has 1 aromatic carbocycles. The van der Waals surface area contributed by atoms with Crippen LogP contribution in [0.4, 0.5) is 0 Å². The number of hydrogen-bond donors (Lipinski definition) is 2. The van der Waals surface area contributed by atoms with Gasteiger partial charge in [-0.05, 0) is 30.0 Å². The molecule has 0 saturated carbocycles. The van der Waals surface area contributed by atoms with Gasteiger partial charge in [0.15, 0.2) is 0 Å². The van der Waals surface area contributed by atoms with Crippen LogP contribution in [0.25, 0.3) is 0 Å². The Balaban J connectivity index is 2.26. The Morgan fingerprint density at radius 2 is 1.68 bits per heavy atom. The predicted molar refractivity (Wildman–Crippen MR) is 76.0 cm³/mol. The zero-order valence-corrected chi connectivity index (χ0v) is 12.0. The predicted octanol–water partition coefficient (Wildman–Crippen LogP) is 1.77. The molecule has 2 amide bonds. The lowest BCUT2D eigenvalue weighted by molar-refractivity contribution is -0.139. The lowest BCUT2D eigenvalue weighted by Crippen LogP contribution is -2.41. The zero-order valence-electron chi connectivity index (χ0n) is 11.2. The highest BCUT2D eigenvalue weighted by molar-refractivity contribution is 6.35. The highest BCUT2D eigenvalue weighted by Gasteiger charge is 2.12. The maximum Gasteiger partial charge on any atom is 0.309 e. The number of carbonyl (C=O) groups is 2. The number of carbonyl (C=O) groups excluding carboxylic acids is 2. The fourth-order valence-electron chi connectivity index (χ4n) is 1.43. The molecular formula is C14H19ClN2O2. The van der Waals surface area contributed by atoms with Crippen LogP contribution in [0.2, 0.25) is 5.02 Å². The number of hydrogen-bond acceptors (Lipinski definition) is 2. The van der Waals surface area contributed by atoms with E-state index in [0.29, 0.717) is 30.5 Å². The van der Waals surface area contributed by atoms with Gasteiger partial charge in [0.2, 0.25) is 0 Å². The largest absolute Gasteiger partial charge is 0.348 e. The molecule has 0 heterocycles. The van der Waals surface area contributed by atoms with Crippen LogP contribution in [-0.4, -0.2) is 24.9 Å². The average Bonchev–Trinajstić information content (AvgIpc) is 2.38. The summed E-state index contributed by atoms with van der Waals surface area (Å²) in [7, 11) is 0. The summed E-state index contributed by atoms with van der Waals surface area (Å²) in [6.45, 7) is 4.87. The van der Waals surface area contributed by atoms with Crippen molar-refractivity contribution in [1.82, 2.24) is 10.6 Å². The first-order chi connectivity index (χ1) is 8.99. The van der Waals surface area contributed by atoms with E-state index >= 15 is 0 Å². The van der Waals surface area contributed by atoms with Crippen molar-refractivity contribution in [3.05, 3.63) is 34.9 Å². The van der Waals surface area contributed by atoms with Crippen LogP contribution in [0, 0.1) is 5.92 Å². The summed E-state index contributed by atoms with van der Waals surface area (Å²) in [6.07, 6.45) is 0.667. The van der Waals surface area contributed by atoms with Gasteiger partial charge < -0.3 is 10.6 Å². The third-order valence-electron chi connectivity index (χ3n) is 2.49. The fraction of sp³-hybridized carbons (Fsp3) is 0.429. The Labute approximate surface area is 118 Å². The molecule has 104 valence electrons. The summed E-state index contributed by atoms with van der Waals surface area (Å²) in [4.78, 5) is 22.8. The number of halogens is 1. The van der Waals surface area contributed by atoms with Gasteiger partial charge >= 0.3 is 11.8 Å². The minimum absolute atomic E-state index is 0.325. The van der Waals surface area contributed by atoms with Crippen molar-refractivity contribution in [2.75, 3.05) is 13.1 Å². The van der Waals surface area contributed by atoms with Crippen LogP contribution < -0.4 is 10.6 Å². The summed E-state index contributed by atoms with van der Waals surface area (Å²) < 4.78 is 0. The summed E-state index contributed by atoms with van der Waals surface area (Å²) in [5.74, 6) is -0.842. The van der Waals surface area contributed by atoms with Crippen molar-refractivity contribution in [2.24, 2.45) is 5.92 Å². The van der Waals surface area contributed by atoms with E-state index in [1.807, 2.05) is 26.0 Å². The van der Waals surface area contributed by atoms with E-state index in [0.717, 1.165) is 5.56 Å². The van der Waals surface area contributed by atoms with Crippen LogP contribution in [0.3, 0.4) is 0 Å². The van der Waals surface area contributed by atoms with Gasteiger partial charge in [0.25, 0.3) is 0 Å². The lowest BCUT2D eigenvalue weighted by atomic mass is 10.1. The highest BCUT2D eigenvalue weighted by Crippen LogP contribution is 2.09. The molecular weight excluding hydrogens is 264 g/mol. The molecule has 4 nitrogen and oxygen atoms in total. The molecule has 0 unspecified atom stereocenters. The molecule has 0 aliphatic carbocycles. The van der Waals surface area contributed by atoms with E-state index in [9.17, 15) is 9.59 Å². The third kappa shape index (κ3) is 6.25. The van der Waals surface area contributed by atoms with E-state index in [1.165, 1.54) is 0 Å². The maximum atomic E-state index is 11.5. The van der Waals surface area contributed by atoms with Gasteiger partial charge in [-0.3, -0.25) is 9.59 Å². The second-order valence-corrected chi connectivity index (χ2v) is 5.17. The Bertz CT molecular complexity index is 430. The van der Waals surface area contributed by atoms with Crippen LogP contribution in [0.1, 0.15) is 19.4 Å². The molecule has 0 aromatic heterocycles. The number of amides is 2. The van der Waals surface area contributed by atoms with E-state index in [4.69, 9.17) is 11.6 Å². The highest BCUT2D eigenvalue weighted by atomic mass is 35.5. The molecule has 0 radical (unpaired) electrons. The molecule has 0 aliphatic heterocycles. The standard InChI is InChI=1S/C14H19ClN2O2/c1-10(2)9-17-14(19)13(18)16-8-7-11-3-5-12(15)6-4-11/h3-6,10H,7-9H2,1-2H3,(H,16,18)(H,17,19). The smallest absolute Gasteiger partial charge is 0.309 e. The van der Waals surface area contributed by atoms with Gasteiger partial charge in [0, 0.05) is 18.1 Å². The van der Waals surface area contributed by atoms with Crippen molar-refractivity contribution in [1.29, 1.82) is 0 Å². The molecule has 1 rings (SSSR count). The van der Waals surface area contributed by atoms with Gasteiger partial charge in [-0.25, -0.2) is 0 Å². The third-order valence-corrected chi connectivity index (χ3v) is 2.74. The minimum atomic E-state index is -0.588. The van der Waals surface area contributed by atoms with Gasteiger partial charge in [-0.15, -0.1) is 0 Å². The molecule has 0 spiro atoms. The van der Waals surface area contributed by atoms with Crippen molar-refractivity contribution in [3.63, 3.8) is 0 Å². The Kier molecular flexibility index (Phi) is 6.36. The SMILES string of the molecule is CC(C)CNC(=O)C(=O)NCCc1ccc(Cl)cc1. The summed E-state index contributed by atoms with van der Waals surface area (Å²) in [6, 6.07) is 7.39. The van der Waals surface area contributed by atoms with Gasteiger partial charge in [-0.2, -0.15) is 0 Å². The number of rotatable bonds is 5. The summed E-state index contributed by atoms with van der Waals surface area (Å²) in [5.41, 5.74) is 1.06. The summed E-state index contributed by atoms with van der Waals surface area (Å²) in [5, 5.41) is 5.84. The van der Waals surface area contributed by atoms with Crippen LogP contribution in [-0.2, 0) is 16.0 Å². The first-order valence-corrected chi connectivity index (χ1v) is 6.67. The molecule has 0 bridgehead atoms. The van der Waals surface area contributed by atoms with Crippen LogP contribution >= 0.6 is 11.6 Å². The first kappa shape index (κ1) is 15.5. The van der Waals surface area contributed by atoms with E-state index in [1.54, 1.807) is 12.1 Å². The molecule has 2 N–H and O–H groups in total. The van der Waals surface area contributed by atoms with Crippen LogP contribution in [0.5, 0.6) is 0 Å². The number of benzene rings is 1. The van der Waals surface area contributed by atoms with Crippen molar-refractivity contribution < 1.29 is 9.59 Å². The molecule has 1 aromatic rings.